The Kier molecular flexibility index (Phi) is 3.43. The molecule has 18 heavy (non-hydrogen) atoms. The zero-order valence-corrected chi connectivity index (χ0v) is 11.5. The van der Waals surface area contributed by atoms with Crippen LogP contribution in [0.2, 0.25) is 5.02 Å². The molecule has 0 spiro atoms. The summed E-state index contributed by atoms with van der Waals surface area (Å²) in [6.45, 7) is 4.15. The van der Waals surface area contributed by atoms with Crippen molar-refractivity contribution in [1.29, 1.82) is 0 Å². The quantitative estimate of drug-likeness (QED) is 0.896. The Morgan fingerprint density at radius 1 is 1.22 bits per heavy atom. The second-order valence-electron chi connectivity index (χ2n) is 4.42. The van der Waals surface area contributed by atoms with E-state index in [9.17, 15) is 0 Å². The van der Waals surface area contributed by atoms with Crippen LogP contribution in [0.3, 0.4) is 0 Å². The highest BCUT2D eigenvalue weighted by molar-refractivity contribution is 6.30. The molecule has 0 aliphatic rings. The molecular weight excluding hydrogens is 246 g/mol. The number of rotatable bonds is 2. The van der Waals surface area contributed by atoms with Crippen LogP contribution in [-0.2, 0) is 0 Å². The summed E-state index contributed by atoms with van der Waals surface area (Å²) < 4.78 is 0. The minimum Gasteiger partial charge on any atom is -0.396 e. The van der Waals surface area contributed by atoms with E-state index in [1.54, 1.807) is 12.3 Å². The third-order valence-electron chi connectivity index (χ3n) is 2.89. The Bertz CT molecular complexity index is 530. The third-order valence-corrected chi connectivity index (χ3v) is 3.10. The van der Waals surface area contributed by atoms with Crippen molar-refractivity contribution in [2.24, 2.45) is 0 Å². The van der Waals surface area contributed by atoms with Crippen LogP contribution in [0.25, 0.3) is 0 Å². The van der Waals surface area contributed by atoms with Crippen LogP contribution in [0.5, 0.6) is 0 Å². The Balaban J connectivity index is 2.44. The van der Waals surface area contributed by atoms with Crippen molar-refractivity contribution < 1.29 is 0 Å². The van der Waals surface area contributed by atoms with E-state index in [0.717, 1.165) is 5.69 Å². The molecule has 0 saturated carbocycles. The molecule has 0 bridgehead atoms. The molecule has 94 valence electrons. The zero-order chi connectivity index (χ0) is 13.3. The van der Waals surface area contributed by atoms with Gasteiger partial charge in [-0.2, -0.15) is 0 Å². The molecule has 0 unspecified atom stereocenters. The van der Waals surface area contributed by atoms with Gasteiger partial charge in [-0.3, -0.25) is 0 Å². The van der Waals surface area contributed by atoms with E-state index in [-0.39, 0.29) is 0 Å². The largest absolute Gasteiger partial charge is 0.396 e. The standard InChI is InChI=1S/C14H16ClN3/c1-9-4-5-13(10(2)6-9)18(3)14-12(16)7-11(15)8-17-14/h4-8H,16H2,1-3H3. The molecule has 2 N–H and O–H groups in total. The Hall–Kier alpha value is -1.74. The maximum Gasteiger partial charge on any atom is 0.156 e. The maximum absolute atomic E-state index is 5.95. The molecule has 3 nitrogen and oxygen atoms in total. The third kappa shape index (κ3) is 2.41. The van der Waals surface area contributed by atoms with Crippen LogP contribution in [0, 0.1) is 13.8 Å². The van der Waals surface area contributed by atoms with Crippen LogP contribution >= 0.6 is 11.6 Å². The highest BCUT2D eigenvalue weighted by Crippen LogP contribution is 2.30. The monoisotopic (exact) mass is 261 g/mol. The van der Waals surface area contributed by atoms with E-state index in [1.807, 2.05) is 11.9 Å². The number of nitrogens with zero attached hydrogens (tertiary/aromatic N) is 2. The Morgan fingerprint density at radius 3 is 2.56 bits per heavy atom. The summed E-state index contributed by atoms with van der Waals surface area (Å²) in [4.78, 5) is 6.26. The highest BCUT2D eigenvalue weighted by Gasteiger charge is 2.11. The summed E-state index contributed by atoms with van der Waals surface area (Å²) in [5.74, 6) is 0.714. The van der Waals surface area contributed by atoms with Crippen LogP contribution < -0.4 is 10.6 Å². The first-order chi connectivity index (χ1) is 8.49. The van der Waals surface area contributed by atoms with E-state index in [2.05, 4.69) is 37.0 Å². The number of aromatic nitrogens is 1. The van der Waals surface area contributed by atoms with E-state index in [1.165, 1.54) is 11.1 Å². The highest BCUT2D eigenvalue weighted by atomic mass is 35.5. The van der Waals surface area contributed by atoms with Crippen molar-refractivity contribution in [3.8, 4) is 0 Å². The first-order valence-electron chi connectivity index (χ1n) is 5.71. The first-order valence-corrected chi connectivity index (χ1v) is 6.09. The van der Waals surface area contributed by atoms with Gasteiger partial charge in [0.05, 0.1) is 10.7 Å². The zero-order valence-electron chi connectivity index (χ0n) is 10.7. The number of halogens is 1. The molecule has 2 rings (SSSR count). The number of hydrogen-bond acceptors (Lipinski definition) is 3. The number of benzene rings is 1. The number of nitrogen functional groups attached to an aromatic ring is 1. The molecule has 0 radical (unpaired) electrons. The molecule has 2 aromatic rings. The minimum absolute atomic E-state index is 0.547. The van der Waals surface area contributed by atoms with Crippen molar-refractivity contribution in [3.63, 3.8) is 0 Å². The summed E-state index contributed by atoms with van der Waals surface area (Å²) >= 11 is 5.86. The molecule has 0 saturated heterocycles. The van der Waals surface area contributed by atoms with Crippen molar-refractivity contribution in [2.45, 2.75) is 13.8 Å². The van der Waals surface area contributed by atoms with Gasteiger partial charge in [-0.25, -0.2) is 4.98 Å². The average molecular weight is 262 g/mol. The predicted octanol–water partition coefficient (Wildman–Crippen LogP) is 3.70. The van der Waals surface area contributed by atoms with E-state index in [4.69, 9.17) is 17.3 Å². The van der Waals surface area contributed by atoms with Gasteiger partial charge in [-0.15, -0.1) is 0 Å². The number of hydrogen-bond donors (Lipinski definition) is 1. The van der Waals surface area contributed by atoms with Gasteiger partial charge in [0.2, 0.25) is 0 Å². The molecular formula is C14H16ClN3. The van der Waals surface area contributed by atoms with Crippen LogP contribution in [0.1, 0.15) is 11.1 Å². The topological polar surface area (TPSA) is 42.2 Å². The minimum atomic E-state index is 0.547. The molecule has 0 aliphatic carbocycles. The smallest absolute Gasteiger partial charge is 0.156 e. The Labute approximate surface area is 112 Å². The fraction of sp³-hybridized carbons (Fsp3) is 0.214. The maximum atomic E-state index is 5.95. The van der Waals surface area contributed by atoms with Gasteiger partial charge in [0.15, 0.2) is 5.82 Å². The van der Waals surface area contributed by atoms with Crippen molar-refractivity contribution >= 4 is 28.8 Å². The Morgan fingerprint density at radius 2 is 1.94 bits per heavy atom. The lowest BCUT2D eigenvalue weighted by Gasteiger charge is -2.22. The van der Waals surface area contributed by atoms with Crippen molar-refractivity contribution in [3.05, 3.63) is 46.6 Å². The summed E-state index contributed by atoms with van der Waals surface area (Å²) in [5.41, 5.74) is 10.0. The van der Waals surface area contributed by atoms with Crippen molar-refractivity contribution in [2.75, 3.05) is 17.7 Å². The second kappa shape index (κ2) is 4.86. The molecule has 1 aromatic carbocycles. The normalized spacial score (nSPS) is 10.4. The van der Waals surface area contributed by atoms with Crippen molar-refractivity contribution in [1.82, 2.24) is 4.98 Å². The van der Waals surface area contributed by atoms with E-state index < -0.39 is 0 Å². The lowest BCUT2D eigenvalue weighted by atomic mass is 10.1. The van der Waals surface area contributed by atoms with E-state index in [0.29, 0.717) is 16.5 Å². The number of nitrogens with two attached hydrogens (primary N) is 1. The molecule has 0 atom stereocenters. The van der Waals surface area contributed by atoms with Gasteiger partial charge in [0.1, 0.15) is 0 Å². The SMILES string of the molecule is Cc1ccc(N(C)c2ncc(Cl)cc2N)c(C)c1. The van der Waals surface area contributed by atoms with Gasteiger partial charge >= 0.3 is 0 Å². The number of pyridine rings is 1. The number of aryl methyl sites for hydroxylation is 2. The summed E-state index contributed by atoms with van der Waals surface area (Å²) in [7, 11) is 1.95. The van der Waals surface area contributed by atoms with Gasteiger partial charge in [-0.05, 0) is 31.5 Å². The van der Waals surface area contributed by atoms with E-state index >= 15 is 0 Å². The lowest BCUT2D eigenvalue weighted by molar-refractivity contribution is 1.11. The van der Waals surface area contributed by atoms with Gasteiger partial charge < -0.3 is 10.6 Å². The molecule has 1 aromatic heterocycles. The molecule has 4 heteroatoms. The fourth-order valence-corrected chi connectivity index (χ4v) is 2.19. The van der Waals surface area contributed by atoms with Gasteiger partial charge in [-0.1, -0.05) is 29.3 Å². The van der Waals surface area contributed by atoms with Crippen LogP contribution in [-0.4, -0.2) is 12.0 Å². The summed E-state index contributed by atoms with van der Waals surface area (Å²) in [6, 6.07) is 7.99. The molecule has 1 heterocycles. The molecule has 0 fully saturated rings. The summed E-state index contributed by atoms with van der Waals surface area (Å²) in [5, 5.41) is 0.547. The molecule has 0 aliphatic heterocycles. The predicted molar refractivity (Wildman–Crippen MR) is 77.6 cm³/mol. The van der Waals surface area contributed by atoms with Crippen LogP contribution in [0.4, 0.5) is 17.2 Å². The average Bonchev–Trinajstić information content (AvgIpc) is 2.28. The van der Waals surface area contributed by atoms with Gasteiger partial charge in [0.25, 0.3) is 0 Å². The first kappa shape index (κ1) is 12.7. The fourth-order valence-electron chi connectivity index (χ4n) is 2.02. The number of anilines is 3. The summed E-state index contributed by atoms with van der Waals surface area (Å²) in [6.07, 6.45) is 1.60. The molecule has 0 amide bonds. The van der Waals surface area contributed by atoms with Gasteiger partial charge in [0, 0.05) is 18.9 Å². The van der Waals surface area contributed by atoms with Crippen LogP contribution in [0.15, 0.2) is 30.5 Å². The second-order valence-corrected chi connectivity index (χ2v) is 4.85. The lowest BCUT2D eigenvalue weighted by Crippen LogP contribution is -2.14.